The highest BCUT2D eigenvalue weighted by molar-refractivity contribution is 7.90. The van der Waals surface area contributed by atoms with Crippen molar-refractivity contribution in [3.63, 3.8) is 0 Å². The second-order valence-electron chi connectivity index (χ2n) is 13.3. The van der Waals surface area contributed by atoms with Gasteiger partial charge in [0.15, 0.2) is 9.84 Å². The Morgan fingerprint density at radius 3 is 2.64 bits per heavy atom. The van der Waals surface area contributed by atoms with E-state index in [2.05, 4.69) is 41.6 Å². The number of rotatable bonds is 15. The molecule has 0 spiro atoms. The monoisotopic (exact) mass is 703 g/mol. The number of aryl methyl sites for hydroxylation is 1. The van der Waals surface area contributed by atoms with Gasteiger partial charge in [0, 0.05) is 79.8 Å². The molecule has 2 atom stereocenters. The number of hydrogen-bond acceptors (Lipinski definition) is 10. The fourth-order valence-corrected chi connectivity index (χ4v) is 7.39. The number of sulfone groups is 1. The Balaban J connectivity index is 1.20. The number of nitrogens with zero attached hydrogens (tertiary/aromatic N) is 2. The summed E-state index contributed by atoms with van der Waals surface area (Å²) in [5.41, 5.74) is 13.1. The highest BCUT2D eigenvalue weighted by Crippen LogP contribution is 2.38. The van der Waals surface area contributed by atoms with Gasteiger partial charge in [-0.25, -0.2) is 8.42 Å². The summed E-state index contributed by atoms with van der Waals surface area (Å²) in [5.74, 6) is 9.03. The van der Waals surface area contributed by atoms with Crippen LogP contribution < -0.4 is 15.2 Å². The molecule has 50 heavy (non-hydrogen) atoms. The van der Waals surface area contributed by atoms with E-state index in [9.17, 15) is 13.2 Å². The smallest absolute Gasteiger partial charge is 0.310 e. The molecule has 1 aliphatic heterocycles. The lowest BCUT2D eigenvalue weighted by atomic mass is 9.78. The van der Waals surface area contributed by atoms with Crippen LogP contribution in [0.15, 0.2) is 69.6 Å². The van der Waals surface area contributed by atoms with Gasteiger partial charge in [-0.3, -0.25) is 9.78 Å². The summed E-state index contributed by atoms with van der Waals surface area (Å²) in [4.78, 5) is 18.4. The number of methoxy groups -OCH3 is 1. The molecule has 2 N–H and O–H groups in total. The Bertz CT molecular complexity index is 1850. The molecule has 1 unspecified atom stereocenters. The van der Waals surface area contributed by atoms with Crippen LogP contribution in [0.4, 0.5) is 0 Å². The van der Waals surface area contributed by atoms with Crippen LogP contribution in [0.5, 0.6) is 11.5 Å². The zero-order chi connectivity index (χ0) is 35.8. The standard InChI is InChI=1S/C39H49N3O7S/c1-26-17-32(20-40)38(48-24-29-18-33(22-41-21-29)50(5,44)45)19-37(26)49-25-31-9-6-10-34(27(31)2)35-11-7-12-36(28(35)3)47-16-8-14-42-15-13-30(23-42)39(43)46-4/h11,17-19,21-22,30,34H,7-8,10,12-16,20,23-25,40H2,1-5H3/t30-,34?/m1/s1. The summed E-state index contributed by atoms with van der Waals surface area (Å²) in [6, 6.07) is 5.37. The van der Waals surface area contributed by atoms with Crippen molar-refractivity contribution in [1.82, 2.24) is 9.88 Å². The Morgan fingerprint density at radius 1 is 1.08 bits per heavy atom. The molecule has 3 aliphatic rings. The maximum atomic E-state index is 12.0. The molecular formula is C39H49N3O7S. The van der Waals surface area contributed by atoms with Crippen molar-refractivity contribution in [3.05, 3.63) is 81.4 Å². The summed E-state index contributed by atoms with van der Waals surface area (Å²) in [5, 5.41) is 0. The lowest BCUT2D eigenvalue weighted by Crippen LogP contribution is -2.25. The van der Waals surface area contributed by atoms with Gasteiger partial charge in [-0.05, 0) is 81.0 Å². The molecule has 2 heterocycles. The second-order valence-corrected chi connectivity index (χ2v) is 15.3. The maximum absolute atomic E-state index is 12.0. The van der Waals surface area contributed by atoms with Crippen molar-refractivity contribution < 1.29 is 32.2 Å². The van der Waals surface area contributed by atoms with E-state index in [-0.39, 0.29) is 35.9 Å². The van der Waals surface area contributed by atoms with Gasteiger partial charge in [-0.15, -0.1) is 0 Å². The largest absolute Gasteiger partial charge is 0.498 e. The predicted octanol–water partition coefficient (Wildman–Crippen LogP) is 5.45. The molecule has 1 fully saturated rings. The number of esters is 1. The quantitative estimate of drug-likeness (QED) is 0.145. The molecular weight excluding hydrogens is 655 g/mol. The molecule has 1 aromatic heterocycles. The molecule has 0 saturated carbocycles. The lowest BCUT2D eigenvalue weighted by molar-refractivity contribution is -0.144. The van der Waals surface area contributed by atoms with Gasteiger partial charge >= 0.3 is 5.97 Å². The number of pyridine rings is 1. The molecule has 1 saturated heterocycles. The molecule has 2 aliphatic carbocycles. The summed E-state index contributed by atoms with van der Waals surface area (Å²) in [6.07, 6.45) is 10.7. The third kappa shape index (κ3) is 9.16. The van der Waals surface area contributed by atoms with Gasteiger partial charge in [0.1, 0.15) is 24.7 Å². The van der Waals surface area contributed by atoms with Crippen molar-refractivity contribution >= 4 is 15.8 Å². The Labute approximate surface area is 296 Å². The van der Waals surface area contributed by atoms with E-state index in [0.29, 0.717) is 30.3 Å². The topological polar surface area (TPSA) is 130 Å². The first-order valence-corrected chi connectivity index (χ1v) is 19.1. The summed E-state index contributed by atoms with van der Waals surface area (Å²) >= 11 is 0. The molecule has 268 valence electrons. The van der Waals surface area contributed by atoms with Gasteiger partial charge in [-0.1, -0.05) is 17.9 Å². The van der Waals surface area contributed by atoms with Crippen molar-refractivity contribution in [2.75, 3.05) is 46.2 Å². The molecule has 0 amide bonds. The fraction of sp³-hybridized carbons (Fsp3) is 0.487. The van der Waals surface area contributed by atoms with Crippen LogP contribution >= 0.6 is 0 Å². The number of likely N-dealkylation sites (tertiary alicyclic amines) is 1. The van der Waals surface area contributed by atoms with Gasteiger partial charge in [0.2, 0.25) is 0 Å². The van der Waals surface area contributed by atoms with E-state index in [4.69, 9.17) is 24.7 Å². The number of allylic oxidation sites excluding steroid dienone is 5. The van der Waals surface area contributed by atoms with Gasteiger partial charge < -0.3 is 29.6 Å². The second kappa shape index (κ2) is 16.7. The molecule has 0 bridgehead atoms. The van der Waals surface area contributed by atoms with E-state index >= 15 is 0 Å². The van der Waals surface area contributed by atoms with E-state index in [1.807, 2.05) is 19.1 Å². The van der Waals surface area contributed by atoms with E-state index in [1.54, 1.807) is 12.3 Å². The van der Waals surface area contributed by atoms with E-state index in [0.717, 1.165) is 80.5 Å². The van der Waals surface area contributed by atoms with Crippen LogP contribution in [0.25, 0.3) is 0 Å². The molecule has 11 heteroatoms. The minimum absolute atomic E-state index is 0.0158. The number of ether oxygens (including phenoxy) is 4. The Morgan fingerprint density at radius 2 is 1.88 bits per heavy atom. The van der Waals surface area contributed by atoms with Crippen LogP contribution in [0.1, 0.15) is 62.6 Å². The highest BCUT2D eigenvalue weighted by atomic mass is 32.2. The van der Waals surface area contributed by atoms with Crippen LogP contribution in [0.2, 0.25) is 0 Å². The van der Waals surface area contributed by atoms with E-state index < -0.39 is 9.84 Å². The van der Waals surface area contributed by atoms with Gasteiger partial charge in [0.25, 0.3) is 0 Å². The van der Waals surface area contributed by atoms with Crippen LogP contribution in [0, 0.1) is 30.6 Å². The van der Waals surface area contributed by atoms with Crippen LogP contribution in [-0.2, 0) is 37.3 Å². The van der Waals surface area contributed by atoms with Gasteiger partial charge in [-0.2, -0.15) is 0 Å². The summed E-state index contributed by atoms with van der Waals surface area (Å²) in [7, 11) is -1.93. The maximum Gasteiger partial charge on any atom is 0.310 e. The third-order valence-electron chi connectivity index (χ3n) is 9.75. The number of hydrogen-bond donors (Lipinski definition) is 1. The molecule has 1 aromatic carbocycles. The SMILES string of the molecule is COC(=O)[C@@H]1CCN(CCCOC2=C(C)C(C3CC#CC(COc4cc(OCc5cncc(S(C)(=O)=O)c5)c(CN)cc4C)=C3C)=CCC2)C1. The van der Waals surface area contributed by atoms with Crippen molar-refractivity contribution in [2.24, 2.45) is 17.6 Å². The number of benzene rings is 1. The van der Waals surface area contributed by atoms with Crippen molar-refractivity contribution in [2.45, 2.75) is 70.9 Å². The van der Waals surface area contributed by atoms with Crippen molar-refractivity contribution in [1.29, 1.82) is 0 Å². The third-order valence-corrected chi connectivity index (χ3v) is 10.8. The van der Waals surface area contributed by atoms with Crippen LogP contribution in [0.3, 0.4) is 0 Å². The normalized spacial score (nSPS) is 19.5. The average Bonchev–Trinajstić information content (AvgIpc) is 3.58. The first-order chi connectivity index (χ1) is 24.0. The van der Waals surface area contributed by atoms with Gasteiger partial charge in [0.05, 0.1) is 30.3 Å². The van der Waals surface area contributed by atoms with Crippen molar-refractivity contribution in [3.8, 4) is 23.3 Å². The lowest BCUT2D eigenvalue weighted by Gasteiger charge is -2.28. The molecule has 0 radical (unpaired) electrons. The number of nitrogens with two attached hydrogens (primary N) is 1. The summed E-state index contributed by atoms with van der Waals surface area (Å²) in [6.45, 7) is 10.2. The highest BCUT2D eigenvalue weighted by Gasteiger charge is 2.29. The summed E-state index contributed by atoms with van der Waals surface area (Å²) < 4.78 is 47.7. The van der Waals surface area contributed by atoms with E-state index in [1.165, 1.54) is 30.0 Å². The average molecular weight is 704 g/mol. The molecule has 2 aromatic rings. The van der Waals surface area contributed by atoms with Crippen LogP contribution in [-0.4, -0.2) is 70.5 Å². The first kappa shape index (κ1) is 37.2. The zero-order valence-corrected chi connectivity index (χ0v) is 30.7. The number of carbonyl (C=O) groups is 1. The Hall–Kier alpha value is -4.11. The minimum atomic E-state index is -3.38. The Kier molecular flexibility index (Phi) is 12.4. The molecule has 5 rings (SSSR count). The minimum Gasteiger partial charge on any atom is -0.498 e. The zero-order valence-electron chi connectivity index (χ0n) is 29.8. The predicted molar refractivity (Wildman–Crippen MR) is 192 cm³/mol. The number of aromatic nitrogens is 1. The first-order valence-electron chi connectivity index (χ1n) is 17.2. The fourth-order valence-electron chi connectivity index (χ4n) is 6.77. The molecule has 10 nitrogen and oxygen atoms in total. The number of carbonyl (C=O) groups excluding carboxylic acids is 1.